The van der Waals surface area contributed by atoms with Gasteiger partial charge in [-0.15, -0.1) is 0 Å². The van der Waals surface area contributed by atoms with Crippen LogP contribution in [0.15, 0.2) is 48.5 Å². The molecule has 0 aliphatic carbocycles. The molecule has 0 bridgehead atoms. The zero-order valence-corrected chi connectivity index (χ0v) is 10.5. The summed E-state index contributed by atoms with van der Waals surface area (Å²) in [4.78, 5) is 0. The standard InChI is InChI=1S/C16H17FO/c1-2-3-12-18-16-14(10-7-11-15(16)17)13-8-5-4-6-9-13/h4-11H,2-3,12H2,1H3. The van der Waals surface area contributed by atoms with Crippen LogP contribution in [0.4, 0.5) is 4.39 Å². The fourth-order valence-corrected chi connectivity index (χ4v) is 1.82. The maximum absolute atomic E-state index is 13.8. The first-order chi connectivity index (χ1) is 8.83. The van der Waals surface area contributed by atoms with Crippen LogP contribution in [0.5, 0.6) is 5.75 Å². The Hall–Kier alpha value is -1.83. The lowest BCUT2D eigenvalue weighted by Crippen LogP contribution is -2.00. The van der Waals surface area contributed by atoms with Crippen molar-refractivity contribution in [2.45, 2.75) is 19.8 Å². The van der Waals surface area contributed by atoms with Crippen LogP contribution in [0, 0.1) is 5.82 Å². The number of hydrogen-bond donors (Lipinski definition) is 0. The summed E-state index contributed by atoms with van der Waals surface area (Å²) in [5.74, 6) is 0.0598. The molecule has 1 nitrogen and oxygen atoms in total. The molecule has 0 saturated carbocycles. The fourth-order valence-electron chi connectivity index (χ4n) is 1.82. The molecular weight excluding hydrogens is 227 g/mol. The zero-order valence-electron chi connectivity index (χ0n) is 10.5. The minimum atomic E-state index is -0.299. The van der Waals surface area contributed by atoms with Crippen molar-refractivity contribution in [3.05, 3.63) is 54.3 Å². The van der Waals surface area contributed by atoms with Gasteiger partial charge in [-0.2, -0.15) is 0 Å². The van der Waals surface area contributed by atoms with Gasteiger partial charge in [0, 0.05) is 5.56 Å². The van der Waals surface area contributed by atoms with Crippen molar-refractivity contribution in [2.24, 2.45) is 0 Å². The fraction of sp³-hybridized carbons (Fsp3) is 0.250. The third kappa shape index (κ3) is 2.89. The molecule has 0 atom stereocenters. The van der Waals surface area contributed by atoms with Gasteiger partial charge in [-0.1, -0.05) is 55.8 Å². The third-order valence-corrected chi connectivity index (χ3v) is 2.80. The average Bonchev–Trinajstić information content (AvgIpc) is 2.42. The number of unbranched alkanes of at least 4 members (excludes halogenated alkanes) is 1. The molecule has 0 aliphatic heterocycles. The van der Waals surface area contributed by atoms with Crippen molar-refractivity contribution < 1.29 is 9.13 Å². The number of benzene rings is 2. The Kier molecular flexibility index (Phi) is 4.35. The van der Waals surface area contributed by atoms with Crippen molar-refractivity contribution in [1.29, 1.82) is 0 Å². The molecule has 0 aliphatic rings. The molecule has 2 aromatic rings. The summed E-state index contributed by atoms with van der Waals surface area (Å²) in [6.07, 6.45) is 1.97. The lowest BCUT2D eigenvalue weighted by atomic mass is 10.0. The van der Waals surface area contributed by atoms with Crippen molar-refractivity contribution in [1.82, 2.24) is 0 Å². The van der Waals surface area contributed by atoms with Crippen LogP contribution in [-0.2, 0) is 0 Å². The first-order valence-electron chi connectivity index (χ1n) is 6.29. The van der Waals surface area contributed by atoms with Crippen molar-refractivity contribution >= 4 is 0 Å². The van der Waals surface area contributed by atoms with Gasteiger partial charge in [0.15, 0.2) is 11.6 Å². The van der Waals surface area contributed by atoms with Crippen LogP contribution < -0.4 is 4.74 Å². The molecule has 0 saturated heterocycles. The summed E-state index contributed by atoms with van der Waals surface area (Å²) in [7, 11) is 0. The van der Waals surface area contributed by atoms with Crippen LogP contribution in [0.1, 0.15) is 19.8 Å². The molecule has 0 spiro atoms. The summed E-state index contributed by atoms with van der Waals surface area (Å²) < 4.78 is 19.4. The Balaban J connectivity index is 2.32. The monoisotopic (exact) mass is 244 g/mol. The Morgan fingerprint density at radius 1 is 1.00 bits per heavy atom. The van der Waals surface area contributed by atoms with Crippen molar-refractivity contribution in [3.8, 4) is 16.9 Å². The van der Waals surface area contributed by atoms with Crippen LogP contribution >= 0.6 is 0 Å². The highest BCUT2D eigenvalue weighted by Gasteiger charge is 2.10. The van der Waals surface area contributed by atoms with Crippen LogP contribution in [0.2, 0.25) is 0 Å². The van der Waals surface area contributed by atoms with Crippen LogP contribution in [-0.4, -0.2) is 6.61 Å². The molecule has 0 unspecified atom stereocenters. The van der Waals surface area contributed by atoms with E-state index in [0.717, 1.165) is 24.0 Å². The van der Waals surface area contributed by atoms with Crippen molar-refractivity contribution in [3.63, 3.8) is 0 Å². The molecule has 2 rings (SSSR count). The highest BCUT2D eigenvalue weighted by molar-refractivity contribution is 5.70. The van der Waals surface area contributed by atoms with E-state index in [9.17, 15) is 4.39 Å². The van der Waals surface area contributed by atoms with E-state index in [2.05, 4.69) is 6.92 Å². The Morgan fingerprint density at radius 2 is 1.78 bits per heavy atom. The normalized spacial score (nSPS) is 10.3. The van der Waals surface area contributed by atoms with Crippen LogP contribution in [0.25, 0.3) is 11.1 Å². The second-order valence-electron chi connectivity index (χ2n) is 4.18. The van der Waals surface area contributed by atoms with E-state index in [-0.39, 0.29) is 5.82 Å². The molecule has 0 amide bonds. The number of para-hydroxylation sites is 1. The first-order valence-corrected chi connectivity index (χ1v) is 6.29. The van der Waals surface area contributed by atoms with Gasteiger partial charge in [0.05, 0.1) is 6.61 Å². The lowest BCUT2D eigenvalue weighted by Gasteiger charge is -2.12. The number of hydrogen-bond acceptors (Lipinski definition) is 1. The van der Waals surface area contributed by atoms with Gasteiger partial charge in [-0.05, 0) is 18.1 Å². The van der Waals surface area contributed by atoms with E-state index in [4.69, 9.17) is 4.74 Å². The van der Waals surface area contributed by atoms with Gasteiger partial charge in [-0.3, -0.25) is 0 Å². The van der Waals surface area contributed by atoms with E-state index in [1.807, 2.05) is 36.4 Å². The molecule has 0 N–H and O–H groups in total. The Bertz CT molecular complexity index is 494. The summed E-state index contributed by atoms with van der Waals surface area (Å²) in [6, 6.07) is 14.8. The number of ether oxygens (including phenoxy) is 1. The SMILES string of the molecule is CCCCOc1c(F)cccc1-c1ccccc1. The van der Waals surface area contributed by atoms with Gasteiger partial charge in [0.25, 0.3) is 0 Å². The molecular formula is C16H17FO. The number of rotatable bonds is 5. The van der Waals surface area contributed by atoms with Gasteiger partial charge in [0.1, 0.15) is 0 Å². The van der Waals surface area contributed by atoms with E-state index in [1.54, 1.807) is 6.07 Å². The maximum atomic E-state index is 13.8. The highest BCUT2D eigenvalue weighted by Crippen LogP contribution is 2.32. The molecule has 0 fully saturated rings. The van der Waals surface area contributed by atoms with E-state index >= 15 is 0 Å². The van der Waals surface area contributed by atoms with Crippen molar-refractivity contribution in [2.75, 3.05) is 6.61 Å². The van der Waals surface area contributed by atoms with Gasteiger partial charge >= 0.3 is 0 Å². The quantitative estimate of drug-likeness (QED) is 0.694. The largest absolute Gasteiger partial charge is 0.490 e. The second kappa shape index (κ2) is 6.20. The molecule has 2 aromatic carbocycles. The highest BCUT2D eigenvalue weighted by atomic mass is 19.1. The van der Waals surface area contributed by atoms with Crippen LogP contribution in [0.3, 0.4) is 0 Å². The molecule has 0 radical (unpaired) electrons. The molecule has 0 heterocycles. The summed E-state index contributed by atoms with van der Waals surface area (Å²) in [5, 5.41) is 0. The van der Waals surface area contributed by atoms with Gasteiger partial charge in [-0.25, -0.2) is 4.39 Å². The van der Waals surface area contributed by atoms with Gasteiger partial charge < -0.3 is 4.74 Å². The van der Waals surface area contributed by atoms with E-state index < -0.39 is 0 Å². The molecule has 94 valence electrons. The summed E-state index contributed by atoms with van der Waals surface area (Å²) in [5.41, 5.74) is 1.79. The Morgan fingerprint density at radius 3 is 2.50 bits per heavy atom. The maximum Gasteiger partial charge on any atom is 0.165 e. The molecule has 18 heavy (non-hydrogen) atoms. The van der Waals surface area contributed by atoms with Gasteiger partial charge in [0.2, 0.25) is 0 Å². The number of halogens is 1. The lowest BCUT2D eigenvalue weighted by molar-refractivity contribution is 0.295. The minimum absolute atomic E-state index is 0.299. The van der Waals surface area contributed by atoms with E-state index in [1.165, 1.54) is 6.07 Å². The topological polar surface area (TPSA) is 9.23 Å². The molecule has 0 aromatic heterocycles. The predicted molar refractivity (Wildman–Crippen MR) is 72.2 cm³/mol. The summed E-state index contributed by atoms with van der Waals surface area (Å²) in [6.45, 7) is 2.64. The first kappa shape index (κ1) is 12.6. The van der Waals surface area contributed by atoms with E-state index in [0.29, 0.717) is 12.4 Å². The second-order valence-corrected chi connectivity index (χ2v) is 4.18. The third-order valence-electron chi connectivity index (χ3n) is 2.80. The smallest absolute Gasteiger partial charge is 0.165 e. The predicted octanol–water partition coefficient (Wildman–Crippen LogP) is 4.67. The molecule has 2 heteroatoms. The Labute approximate surface area is 107 Å². The zero-order chi connectivity index (χ0) is 12.8. The summed E-state index contributed by atoms with van der Waals surface area (Å²) >= 11 is 0. The minimum Gasteiger partial charge on any atom is -0.490 e. The average molecular weight is 244 g/mol.